The molecule has 0 atom stereocenters. The molecule has 0 aliphatic carbocycles. The van der Waals surface area contributed by atoms with E-state index in [1.807, 2.05) is 103 Å². The van der Waals surface area contributed by atoms with Crippen molar-refractivity contribution in [3.05, 3.63) is 144 Å². The van der Waals surface area contributed by atoms with Crippen molar-refractivity contribution in [1.82, 2.24) is 9.13 Å². The number of rotatable bonds is 3. The Bertz CT molecular complexity index is 2540. The molecule has 0 aliphatic rings. The van der Waals surface area contributed by atoms with Gasteiger partial charge in [0, 0.05) is 27.1 Å². The highest BCUT2D eigenvalue weighted by Crippen LogP contribution is 2.40. The lowest BCUT2D eigenvalue weighted by molar-refractivity contribution is 1.16. The third kappa shape index (κ3) is 3.56. The minimum atomic E-state index is 0.524. The molecule has 2 aromatic heterocycles. The van der Waals surface area contributed by atoms with Crippen LogP contribution in [0.5, 0.6) is 0 Å². The Hall–Kier alpha value is -6.61. The van der Waals surface area contributed by atoms with Crippen LogP contribution in [-0.4, -0.2) is 9.13 Å². The second kappa shape index (κ2) is 9.74. The number of hydrogen-bond donors (Lipinski definition) is 0. The molecule has 5 nitrogen and oxygen atoms in total. The highest BCUT2D eigenvalue weighted by Gasteiger charge is 2.21. The van der Waals surface area contributed by atoms with Gasteiger partial charge in [0.05, 0.1) is 56.2 Å². The van der Waals surface area contributed by atoms with Gasteiger partial charge < -0.3 is 9.13 Å². The van der Waals surface area contributed by atoms with E-state index in [0.717, 1.165) is 66.1 Å². The molecule has 0 saturated carbocycles. The Morgan fingerprint density at radius 3 is 1.66 bits per heavy atom. The van der Waals surface area contributed by atoms with Gasteiger partial charge in [0.25, 0.3) is 0 Å². The topological polar surface area (TPSA) is 81.2 Å². The maximum Gasteiger partial charge on any atom is 0.101 e. The van der Waals surface area contributed by atoms with Gasteiger partial charge in [0.1, 0.15) is 12.1 Å². The summed E-state index contributed by atoms with van der Waals surface area (Å²) in [5.41, 5.74) is 8.84. The monoisotopic (exact) mass is 559 g/mol. The van der Waals surface area contributed by atoms with Gasteiger partial charge >= 0.3 is 0 Å². The van der Waals surface area contributed by atoms with Crippen molar-refractivity contribution < 1.29 is 0 Å². The van der Waals surface area contributed by atoms with Crippen LogP contribution in [0.1, 0.15) is 16.7 Å². The first-order valence-electron chi connectivity index (χ1n) is 14.2. The largest absolute Gasteiger partial charge is 0.308 e. The van der Waals surface area contributed by atoms with Crippen LogP contribution in [0.3, 0.4) is 0 Å². The molecule has 0 spiro atoms. The van der Waals surface area contributed by atoms with E-state index in [1.54, 1.807) is 0 Å². The zero-order valence-electron chi connectivity index (χ0n) is 23.4. The third-order valence-corrected chi connectivity index (χ3v) is 8.43. The molecule has 6 aromatic carbocycles. The fourth-order valence-electron chi connectivity index (χ4n) is 6.55. The summed E-state index contributed by atoms with van der Waals surface area (Å²) in [6.45, 7) is 0. The summed E-state index contributed by atoms with van der Waals surface area (Å²) < 4.78 is 4.28. The van der Waals surface area contributed by atoms with Gasteiger partial charge in [-0.3, -0.25) is 0 Å². The first-order valence-corrected chi connectivity index (χ1v) is 14.2. The molecule has 5 heteroatoms. The number of para-hydroxylation sites is 4. The highest BCUT2D eigenvalue weighted by atomic mass is 15.0. The second-order valence-corrected chi connectivity index (χ2v) is 10.7. The van der Waals surface area contributed by atoms with Crippen LogP contribution in [0, 0.1) is 34.0 Å². The number of nitrogens with zero attached hydrogens (tertiary/aromatic N) is 5. The average molecular weight is 560 g/mol. The first-order chi connectivity index (χ1) is 21.7. The molecule has 202 valence electrons. The van der Waals surface area contributed by atoms with Crippen molar-refractivity contribution >= 4 is 43.6 Å². The molecule has 0 aliphatic heterocycles. The summed E-state index contributed by atoms with van der Waals surface area (Å²) in [4.78, 5) is 0. The minimum absolute atomic E-state index is 0.524. The SMILES string of the molecule is N#Cc1ccc2c(c1)c1ccccc1n2-c1cc(-c2cccc(C#N)c2-n2c3ccccc3c3ccccc32)ccc1C#N. The molecule has 0 amide bonds. The zero-order chi connectivity index (χ0) is 29.8. The van der Waals surface area contributed by atoms with Gasteiger partial charge in [-0.2, -0.15) is 15.8 Å². The summed E-state index contributed by atoms with van der Waals surface area (Å²) in [6, 6.07) is 49.0. The van der Waals surface area contributed by atoms with Crippen molar-refractivity contribution in [1.29, 1.82) is 15.8 Å². The molecule has 8 aromatic rings. The summed E-state index contributed by atoms with van der Waals surface area (Å²) in [5, 5.41) is 34.4. The Morgan fingerprint density at radius 1 is 0.432 bits per heavy atom. The van der Waals surface area contributed by atoms with E-state index in [1.165, 1.54) is 0 Å². The zero-order valence-corrected chi connectivity index (χ0v) is 23.4. The second-order valence-electron chi connectivity index (χ2n) is 10.7. The molecule has 0 radical (unpaired) electrons. The van der Waals surface area contributed by atoms with Crippen LogP contribution in [0.4, 0.5) is 0 Å². The maximum absolute atomic E-state index is 10.4. The molecule has 0 bridgehead atoms. The molecule has 0 saturated heterocycles. The molecular formula is C39H21N5. The average Bonchev–Trinajstić information content (AvgIpc) is 3.60. The number of aromatic nitrogens is 2. The molecule has 44 heavy (non-hydrogen) atoms. The number of hydrogen-bond acceptors (Lipinski definition) is 3. The minimum Gasteiger partial charge on any atom is -0.308 e. The highest BCUT2D eigenvalue weighted by molar-refractivity contribution is 6.11. The lowest BCUT2D eigenvalue weighted by Crippen LogP contribution is -2.02. The van der Waals surface area contributed by atoms with E-state index < -0.39 is 0 Å². The predicted octanol–water partition coefficient (Wildman–Crippen LogP) is 9.16. The number of benzene rings is 6. The molecule has 2 heterocycles. The maximum atomic E-state index is 10.4. The fourth-order valence-corrected chi connectivity index (χ4v) is 6.55. The Morgan fingerprint density at radius 2 is 1.02 bits per heavy atom. The van der Waals surface area contributed by atoms with Crippen molar-refractivity contribution in [2.45, 2.75) is 0 Å². The summed E-state index contributed by atoms with van der Waals surface area (Å²) >= 11 is 0. The third-order valence-electron chi connectivity index (χ3n) is 8.43. The van der Waals surface area contributed by atoms with Crippen LogP contribution in [0.15, 0.2) is 127 Å². The fraction of sp³-hybridized carbons (Fsp3) is 0. The van der Waals surface area contributed by atoms with E-state index in [4.69, 9.17) is 0 Å². The van der Waals surface area contributed by atoms with Crippen molar-refractivity contribution in [2.24, 2.45) is 0 Å². The van der Waals surface area contributed by atoms with Crippen LogP contribution in [-0.2, 0) is 0 Å². The van der Waals surface area contributed by atoms with Crippen LogP contribution >= 0.6 is 0 Å². The molecule has 0 fully saturated rings. The first kappa shape index (κ1) is 25.1. The van der Waals surface area contributed by atoms with E-state index in [0.29, 0.717) is 16.7 Å². The van der Waals surface area contributed by atoms with Crippen molar-refractivity contribution in [3.63, 3.8) is 0 Å². The van der Waals surface area contributed by atoms with Gasteiger partial charge in [-0.25, -0.2) is 0 Å². The number of nitriles is 3. The quantitative estimate of drug-likeness (QED) is 0.216. The molecule has 0 N–H and O–H groups in total. The van der Waals surface area contributed by atoms with Crippen LogP contribution in [0.2, 0.25) is 0 Å². The standard InChI is InChI=1S/C39H21N5/c40-22-25-16-19-37-33(20-25)32-11-3-4-13-34(32)43(37)38-21-26(17-18-27(38)23-41)29-12-7-8-28(24-42)39(29)44-35-14-5-1-9-30(35)31-10-2-6-15-36(31)44/h1-21H. The number of fused-ring (bicyclic) bond motifs is 6. The van der Waals surface area contributed by atoms with Gasteiger partial charge in [-0.15, -0.1) is 0 Å². The van der Waals surface area contributed by atoms with E-state index in [9.17, 15) is 15.8 Å². The van der Waals surface area contributed by atoms with E-state index in [2.05, 4.69) is 51.6 Å². The van der Waals surface area contributed by atoms with Crippen molar-refractivity contribution in [3.8, 4) is 40.7 Å². The predicted molar refractivity (Wildman–Crippen MR) is 175 cm³/mol. The summed E-state index contributed by atoms with van der Waals surface area (Å²) in [6.07, 6.45) is 0. The molecule has 0 unspecified atom stereocenters. The Kier molecular flexibility index (Phi) is 5.56. The van der Waals surface area contributed by atoms with Crippen LogP contribution in [0.25, 0.3) is 66.1 Å². The van der Waals surface area contributed by atoms with Crippen LogP contribution < -0.4 is 0 Å². The van der Waals surface area contributed by atoms with Gasteiger partial charge in [-0.05, 0) is 60.2 Å². The Labute approximate surface area is 252 Å². The van der Waals surface area contributed by atoms with E-state index in [-0.39, 0.29) is 0 Å². The Balaban J connectivity index is 1.46. The smallest absolute Gasteiger partial charge is 0.101 e. The molecular weight excluding hydrogens is 538 g/mol. The summed E-state index contributed by atoms with van der Waals surface area (Å²) in [5.74, 6) is 0. The lowest BCUT2D eigenvalue weighted by atomic mass is 9.97. The lowest BCUT2D eigenvalue weighted by Gasteiger charge is -2.17. The normalized spacial score (nSPS) is 11.1. The van der Waals surface area contributed by atoms with E-state index >= 15 is 0 Å². The molecule has 8 rings (SSSR count). The van der Waals surface area contributed by atoms with Crippen molar-refractivity contribution in [2.75, 3.05) is 0 Å². The van der Waals surface area contributed by atoms with Gasteiger partial charge in [-0.1, -0.05) is 72.8 Å². The van der Waals surface area contributed by atoms with Gasteiger partial charge in [0.15, 0.2) is 0 Å². The summed E-state index contributed by atoms with van der Waals surface area (Å²) in [7, 11) is 0. The van der Waals surface area contributed by atoms with Gasteiger partial charge in [0.2, 0.25) is 0 Å².